The number of aryl methyl sites for hydroxylation is 2. The second kappa shape index (κ2) is 6.68. The minimum atomic E-state index is -3.63. The van der Waals surface area contributed by atoms with E-state index in [0.717, 1.165) is 5.56 Å². The predicted octanol–water partition coefficient (Wildman–Crippen LogP) is 2.56. The van der Waals surface area contributed by atoms with E-state index in [1.54, 1.807) is 32.0 Å². The number of nitrogens with zero attached hydrogens (tertiary/aromatic N) is 1. The number of nitrogens with one attached hydrogen (secondary N) is 2. The van der Waals surface area contributed by atoms with Gasteiger partial charge in [-0.3, -0.25) is 5.10 Å². The molecule has 2 N–H and O–H groups in total. The third-order valence-electron chi connectivity index (χ3n) is 3.09. The van der Waals surface area contributed by atoms with Gasteiger partial charge in [0.2, 0.25) is 10.0 Å². The lowest BCUT2D eigenvalue weighted by molar-refractivity contribution is 0.340. The summed E-state index contributed by atoms with van der Waals surface area (Å²) >= 11 is 6.09. The number of halogens is 1. The molecule has 6 nitrogen and oxygen atoms in total. The Labute approximate surface area is 134 Å². The summed E-state index contributed by atoms with van der Waals surface area (Å²) in [6.07, 6.45) is 0. The van der Waals surface area contributed by atoms with Gasteiger partial charge in [0.25, 0.3) is 0 Å². The quantitative estimate of drug-likeness (QED) is 0.844. The topological polar surface area (TPSA) is 84.1 Å². The first-order valence-corrected chi connectivity index (χ1v) is 8.63. The Morgan fingerprint density at radius 1 is 1.36 bits per heavy atom. The minimum absolute atomic E-state index is 0.137. The molecule has 0 saturated heterocycles. The summed E-state index contributed by atoms with van der Waals surface area (Å²) in [5.41, 5.74) is 1.69. The van der Waals surface area contributed by atoms with Gasteiger partial charge in [0.1, 0.15) is 10.6 Å². The lowest BCUT2D eigenvalue weighted by Crippen LogP contribution is -2.24. The number of aromatic nitrogens is 2. The fraction of sp³-hybridized carbons (Fsp3) is 0.357. The summed E-state index contributed by atoms with van der Waals surface area (Å²) in [4.78, 5) is 0.185. The third kappa shape index (κ3) is 3.60. The molecule has 0 radical (unpaired) electrons. The van der Waals surface area contributed by atoms with Gasteiger partial charge in [-0.25, -0.2) is 13.1 Å². The highest BCUT2D eigenvalue weighted by Gasteiger charge is 2.21. The van der Waals surface area contributed by atoms with E-state index < -0.39 is 10.0 Å². The summed E-state index contributed by atoms with van der Waals surface area (Å²) < 4.78 is 32.6. The molecule has 0 unspecified atom stereocenters. The fourth-order valence-electron chi connectivity index (χ4n) is 2.11. The minimum Gasteiger partial charge on any atom is -0.492 e. The summed E-state index contributed by atoms with van der Waals surface area (Å²) in [6.45, 7) is 5.84. The molecule has 2 rings (SSSR count). The van der Waals surface area contributed by atoms with Gasteiger partial charge in [0.15, 0.2) is 0 Å². The lowest BCUT2D eigenvalue weighted by atomic mass is 10.2. The third-order valence-corrected chi connectivity index (χ3v) is 5.05. The van der Waals surface area contributed by atoms with Crippen molar-refractivity contribution in [3.63, 3.8) is 0 Å². The van der Waals surface area contributed by atoms with Crippen LogP contribution in [0.25, 0.3) is 0 Å². The number of aromatic amines is 1. The van der Waals surface area contributed by atoms with Crippen LogP contribution in [-0.4, -0.2) is 25.2 Å². The Balaban J connectivity index is 2.14. The van der Waals surface area contributed by atoms with Gasteiger partial charge in [-0.15, -0.1) is 0 Å². The summed E-state index contributed by atoms with van der Waals surface area (Å²) in [6, 6.07) is 5.18. The molecule has 0 amide bonds. The second-order valence-corrected chi connectivity index (χ2v) is 6.90. The highest BCUT2D eigenvalue weighted by atomic mass is 35.5. The van der Waals surface area contributed by atoms with Crippen molar-refractivity contribution in [2.24, 2.45) is 0 Å². The van der Waals surface area contributed by atoms with Gasteiger partial charge in [0, 0.05) is 6.54 Å². The summed E-state index contributed by atoms with van der Waals surface area (Å²) in [5.74, 6) is 0.581. The van der Waals surface area contributed by atoms with Gasteiger partial charge < -0.3 is 4.74 Å². The number of benzene rings is 1. The van der Waals surface area contributed by atoms with E-state index in [-0.39, 0.29) is 11.4 Å². The number of hydrogen-bond donors (Lipinski definition) is 2. The first-order chi connectivity index (χ1) is 10.3. The Morgan fingerprint density at radius 2 is 2.09 bits per heavy atom. The van der Waals surface area contributed by atoms with Crippen molar-refractivity contribution in [2.45, 2.75) is 32.2 Å². The van der Waals surface area contributed by atoms with Gasteiger partial charge in [-0.1, -0.05) is 17.7 Å². The van der Waals surface area contributed by atoms with Crippen LogP contribution in [0.3, 0.4) is 0 Å². The number of sulfonamides is 1. The summed E-state index contributed by atoms with van der Waals surface area (Å²) in [5, 5.41) is 7.02. The monoisotopic (exact) mass is 343 g/mol. The van der Waals surface area contributed by atoms with E-state index in [1.165, 1.54) is 0 Å². The largest absolute Gasteiger partial charge is 0.492 e. The van der Waals surface area contributed by atoms with Crippen LogP contribution >= 0.6 is 11.6 Å². The molecule has 2 aromatic rings. The fourth-order valence-corrected chi connectivity index (χ4v) is 3.76. The molecule has 0 spiro atoms. The van der Waals surface area contributed by atoms with Crippen molar-refractivity contribution in [2.75, 3.05) is 6.61 Å². The van der Waals surface area contributed by atoms with Crippen LogP contribution in [0.1, 0.15) is 23.9 Å². The van der Waals surface area contributed by atoms with Crippen LogP contribution in [0.15, 0.2) is 23.1 Å². The molecule has 0 aliphatic rings. The number of H-pyrrole nitrogens is 1. The maximum absolute atomic E-state index is 12.3. The summed E-state index contributed by atoms with van der Waals surface area (Å²) in [7, 11) is -3.63. The first-order valence-electron chi connectivity index (χ1n) is 6.77. The first kappa shape index (κ1) is 16.8. The van der Waals surface area contributed by atoms with Gasteiger partial charge in [-0.05, 0) is 38.5 Å². The number of ether oxygens (including phenoxy) is 1. The molecular weight excluding hydrogens is 326 g/mol. The van der Waals surface area contributed by atoms with Crippen molar-refractivity contribution >= 4 is 21.6 Å². The number of rotatable bonds is 6. The number of hydrogen-bond acceptors (Lipinski definition) is 4. The van der Waals surface area contributed by atoms with E-state index >= 15 is 0 Å². The van der Waals surface area contributed by atoms with Crippen LogP contribution in [0.2, 0.25) is 5.02 Å². The zero-order valence-corrected chi connectivity index (χ0v) is 14.2. The van der Waals surface area contributed by atoms with E-state index in [9.17, 15) is 8.42 Å². The maximum Gasteiger partial charge on any atom is 0.244 e. The van der Waals surface area contributed by atoms with Crippen molar-refractivity contribution < 1.29 is 13.2 Å². The van der Waals surface area contributed by atoms with E-state index in [4.69, 9.17) is 16.3 Å². The van der Waals surface area contributed by atoms with Crippen LogP contribution in [-0.2, 0) is 16.6 Å². The van der Waals surface area contributed by atoms with Gasteiger partial charge >= 0.3 is 0 Å². The molecule has 1 aromatic carbocycles. The molecule has 120 valence electrons. The van der Waals surface area contributed by atoms with Crippen LogP contribution in [0, 0.1) is 13.8 Å². The standard InChI is InChI=1S/C14H18ClN3O3S/c1-4-21-13-6-5-11(7-12(13)15)8-16-22(19,20)14-9(2)17-18-10(14)3/h5-7,16H,4,8H2,1-3H3,(H,17,18). The van der Waals surface area contributed by atoms with E-state index in [0.29, 0.717) is 28.8 Å². The molecular formula is C14H18ClN3O3S. The maximum atomic E-state index is 12.3. The molecule has 1 aromatic heterocycles. The Hall–Kier alpha value is -1.57. The van der Waals surface area contributed by atoms with Crippen molar-refractivity contribution in [3.05, 3.63) is 40.2 Å². The molecule has 0 bridgehead atoms. The Kier molecular flexibility index (Phi) is 5.10. The molecule has 8 heteroatoms. The van der Waals surface area contributed by atoms with Gasteiger partial charge in [0.05, 0.1) is 23.0 Å². The lowest BCUT2D eigenvalue weighted by Gasteiger charge is -2.09. The van der Waals surface area contributed by atoms with Crippen LogP contribution in [0.4, 0.5) is 0 Å². The molecule has 1 heterocycles. The van der Waals surface area contributed by atoms with E-state index in [2.05, 4.69) is 14.9 Å². The molecule has 0 atom stereocenters. The Morgan fingerprint density at radius 3 is 2.64 bits per heavy atom. The highest BCUT2D eigenvalue weighted by molar-refractivity contribution is 7.89. The van der Waals surface area contributed by atoms with Crippen LogP contribution < -0.4 is 9.46 Å². The average Bonchev–Trinajstić information content (AvgIpc) is 2.79. The zero-order valence-electron chi connectivity index (χ0n) is 12.6. The molecule has 0 saturated carbocycles. The SMILES string of the molecule is CCOc1ccc(CNS(=O)(=O)c2c(C)n[nH]c2C)cc1Cl. The van der Waals surface area contributed by atoms with Crippen molar-refractivity contribution in [1.82, 2.24) is 14.9 Å². The smallest absolute Gasteiger partial charge is 0.244 e. The van der Waals surface area contributed by atoms with Gasteiger partial charge in [-0.2, -0.15) is 5.10 Å². The molecule has 0 aliphatic heterocycles. The second-order valence-electron chi connectivity index (χ2n) is 4.79. The molecule has 0 fully saturated rings. The molecule has 0 aliphatic carbocycles. The van der Waals surface area contributed by atoms with Crippen LogP contribution in [0.5, 0.6) is 5.75 Å². The van der Waals surface area contributed by atoms with Crippen molar-refractivity contribution in [3.8, 4) is 5.75 Å². The predicted molar refractivity (Wildman–Crippen MR) is 84.7 cm³/mol. The van der Waals surface area contributed by atoms with E-state index in [1.807, 2.05) is 6.92 Å². The normalized spacial score (nSPS) is 11.6. The zero-order chi connectivity index (χ0) is 16.3. The molecule has 22 heavy (non-hydrogen) atoms. The average molecular weight is 344 g/mol. The highest BCUT2D eigenvalue weighted by Crippen LogP contribution is 2.25. The Bertz CT molecular complexity index is 752. The van der Waals surface area contributed by atoms with Crippen molar-refractivity contribution in [1.29, 1.82) is 0 Å².